The zero-order valence-corrected chi connectivity index (χ0v) is 5.04. The van der Waals surface area contributed by atoms with Crippen LogP contribution < -0.4 is 0 Å². The number of H-pyrrole nitrogens is 1. The summed E-state index contributed by atoms with van der Waals surface area (Å²) in [5, 5.41) is 6.55. The Bertz CT molecular complexity index is 197. The van der Waals surface area contributed by atoms with E-state index in [9.17, 15) is 0 Å². The van der Waals surface area contributed by atoms with Crippen LogP contribution in [0.4, 0.5) is 0 Å². The van der Waals surface area contributed by atoms with E-state index in [1.165, 1.54) is 0 Å². The third kappa shape index (κ3) is 1.57. The van der Waals surface area contributed by atoms with Crippen molar-refractivity contribution in [3.05, 3.63) is 36.7 Å². The minimum absolute atomic E-state index is 0.995. The normalized spacial score (nSPS) is 10.2. The van der Waals surface area contributed by atoms with Gasteiger partial charge in [-0.15, -0.1) is 0 Å². The average Bonchev–Trinajstić information content (AvgIpc) is 2.34. The number of aromatic nitrogens is 2. The van der Waals surface area contributed by atoms with Crippen molar-refractivity contribution >= 4 is 6.08 Å². The topological polar surface area (TPSA) is 28.7 Å². The molecule has 46 valence electrons. The number of hydrogen-bond donors (Lipinski definition) is 1. The molecule has 2 heteroatoms. The molecule has 9 heavy (non-hydrogen) atoms. The molecule has 0 radical (unpaired) electrons. The second-order valence-corrected chi connectivity index (χ2v) is 1.61. The highest BCUT2D eigenvalue weighted by Crippen LogP contribution is 1.93. The van der Waals surface area contributed by atoms with Crippen LogP contribution in [0.5, 0.6) is 0 Å². The molecule has 1 N–H and O–H groups in total. The summed E-state index contributed by atoms with van der Waals surface area (Å²) >= 11 is 0. The summed E-state index contributed by atoms with van der Waals surface area (Å²) in [4.78, 5) is 0. The summed E-state index contributed by atoms with van der Waals surface area (Å²) < 4.78 is 0. The molecule has 0 saturated heterocycles. The molecule has 1 heterocycles. The van der Waals surface area contributed by atoms with Gasteiger partial charge in [0.1, 0.15) is 0 Å². The predicted molar refractivity (Wildman–Crippen MR) is 37.8 cm³/mol. The number of allylic oxidation sites excluding steroid dienone is 2. The number of aromatic amines is 1. The van der Waals surface area contributed by atoms with E-state index in [2.05, 4.69) is 16.8 Å². The summed E-state index contributed by atoms with van der Waals surface area (Å²) in [5.74, 6) is 0. The van der Waals surface area contributed by atoms with E-state index >= 15 is 0 Å². The largest absolute Gasteiger partial charge is 0.278 e. The fourth-order valence-corrected chi connectivity index (χ4v) is 0.531. The lowest BCUT2D eigenvalue weighted by Gasteiger charge is -1.77. The SMILES string of the molecule is C=CC=Cc1ccn[nH]1. The molecular formula is C7H8N2. The zero-order chi connectivity index (χ0) is 6.53. The van der Waals surface area contributed by atoms with Crippen molar-refractivity contribution in [2.75, 3.05) is 0 Å². The molecule has 0 aliphatic heterocycles. The summed E-state index contributed by atoms with van der Waals surface area (Å²) in [6.07, 6.45) is 7.19. The monoisotopic (exact) mass is 120 g/mol. The standard InChI is InChI=1S/C7H8N2/c1-2-3-4-7-5-6-8-9-7/h2-6H,1H2,(H,8,9). The molecule has 0 aromatic carbocycles. The van der Waals surface area contributed by atoms with Crippen molar-refractivity contribution in [2.24, 2.45) is 0 Å². The minimum Gasteiger partial charge on any atom is -0.278 e. The fourth-order valence-electron chi connectivity index (χ4n) is 0.531. The molecule has 0 bridgehead atoms. The van der Waals surface area contributed by atoms with Gasteiger partial charge in [-0.05, 0) is 12.1 Å². The van der Waals surface area contributed by atoms with Crippen LogP contribution in [0, 0.1) is 0 Å². The lowest BCUT2D eigenvalue weighted by Crippen LogP contribution is -1.68. The van der Waals surface area contributed by atoms with Crippen molar-refractivity contribution in [1.82, 2.24) is 10.2 Å². The third-order valence-electron chi connectivity index (χ3n) is 0.934. The van der Waals surface area contributed by atoms with Gasteiger partial charge < -0.3 is 0 Å². The van der Waals surface area contributed by atoms with E-state index in [4.69, 9.17) is 0 Å². The highest BCUT2D eigenvalue weighted by molar-refractivity contribution is 5.45. The van der Waals surface area contributed by atoms with Gasteiger partial charge in [-0.1, -0.05) is 18.7 Å². The Morgan fingerprint density at radius 2 is 2.56 bits per heavy atom. The van der Waals surface area contributed by atoms with Crippen LogP contribution in [0.25, 0.3) is 6.08 Å². The Morgan fingerprint density at radius 3 is 3.11 bits per heavy atom. The van der Waals surface area contributed by atoms with Crippen LogP contribution in [-0.2, 0) is 0 Å². The molecule has 0 aliphatic carbocycles. The molecule has 1 aromatic heterocycles. The maximum Gasteiger partial charge on any atom is 0.0577 e. The number of hydrogen-bond acceptors (Lipinski definition) is 1. The van der Waals surface area contributed by atoms with Crippen molar-refractivity contribution in [2.45, 2.75) is 0 Å². The van der Waals surface area contributed by atoms with E-state index < -0.39 is 0 Å². The predicted octanol–water partition coefficient (Wildman–Crippen LogP) is 1.61. The van der Waals surface area contributed by atoms with E-state index in [0.717, 1.165) is 5.69 Å². The van der Waals surface area contributed by atoms with Gasteiger partial charge in [0.25, 0.3) is 0 Å². The summed E-state index contributed by atoms with van der Waals surface area (Å²) in [7, 11) is 0. The quantitative estimate of drug-likeness (QED) is 0.590. The summed E-state index contributed by atoms with van der Waals surface area (Å²) in [5.41, 5.74) is 0.995. The minimum atomic E-state index is 0.995. The average molecular weight is 120 g/mol. The van der Waals surface area contributed by atoms with E-state index in [1.54, 1.807) is 12.3 Å². The molecule has 0 atom stereocenters. The van der Waals surface area contributed by atoms with Gasteiger partial charge in [0, 0.05) is 6.20 Å². The van der Waals surface area contributed by atoms with Crippen LogP contribution in [0.15, 0.2) is 31.0 Å². The Balaban J connectivity index is 2.67. The lowest BCUT2D eigenvalue weighted by molar-refractivity contribution is 1.08. The van der Waals surface area contributed by atoms with Crippen molar-refractivity contribution in [3.8, 4) is 0 Å². The molecule has 0 fully saturated rings. The van der Waals surface area contributed by atoms with Gasteiger partial charge in [-0.25, -0.2) is 0 Å². The molecule has 0 amide bonds. The van der Waals surface area contributed by atoms with Gasteiger partial charge in [0.05, 0.1) is 5.69 Å². The summed E-state index contributed by atoms with van der Waals surface area (Å²) in [6, 6.07) is 1.89. The maximum atomic E-state index is 3.76. The van der Waals surface area contributed by atoms with Crippen molar-refractivity contribution in [1.29, 1.82) is 0 Å². The Labute approximate surface area is 53.9 Å². The smallest absolute Gasteiger partial charge is 0.0577 e. The fraction of sp³-hybridized carbons (Fsp3) is 0. The Kier molecular flexibility index (Phi) is 1.85. The molecular weight excluding hydrogens is 112 g/mol. The van der Waals surface area contributed by atoms with Crippen LogP contribution in [0.1, 0.15) is 5.69 Å². The number of nitrogens with one attached hydrogen (secondary N) is 1. The molecule has 1 rings (SSSR count). The molecule has 0 spiro atoms. The van der Waals surface area contributed by atoms with E-state index in [0.29, 0.717) is 0 Å². The lowest BCUT2D eigenvalue weighted by atomic mass is 10.4. The number of rotatable bonds is 2. The highest BCUT2D eigenvalue weighted by Gasteiger charge is 1.80. The first-order valence-corrected chi connectivity index (χ1v) is 2.72. The maximum absolute atomic E-state index is 3.76. The van der Waals surface area contributed by atoms with Crippen LogP contribution in [0.3, 0.4) is 0 Å². The van der Waals surface area contributed by atoms with Crippen LogP contribution >= 0.6 is 0 Å². The van der Waals surface area contributed by atoms with Gasteiger partial charge in [0.15, 0.2) is 0 Å². The first kappa shape index (κ1) is 5.82. The highest BCUT2D eigenvalue weighted by atomic mass is 15.1. The first-order chi connectivity index (χ1) is 4.43. The third-order valence-corrected chi connectivity index (χ3v) is 0.934. The Hall–Kier alpha value is -1.31. The van der Waals surface area contributed by atoms with E-state index in [1.807, 2.05) is 18.2 Å². The molecule has 2 nitrogen and oxygen atoms in total. The Morgan fingerprint density at radius 1 is 1.67 bits per heavy atom. The van der Waals surface area contributed by atoms with Crippen molar-refractivity contribution < 1.29 is 0 Å². The van der Waals surface area contributed by atoms with Gasteiger partial charge in [0.2, 0.25) is 0 Å². The van der Waals surface area contributed by atoms with Crippen LogP contribution in [-0.4, -0.2) is 10.2 Å². The zero-order valence-electron chi connectivity index (χ0n) is 5.04. The molecule has 1 aromatic rings. The van der Waals surface area contributed by atoms with Crippen molar-refractivity contribution in [3.63, 3.8) is 0 Å². The molecule has 0 unspecified atom stereocenters. The van der Waals surface area contributed by atoms with E-state index in [-0.39, 0.29) is 0 Å². The van der Waals surface area contributed by atoms with Crippen LogP contribution in [0.2, 0.25) is 0 Å². The van der Waals surface area contributed by atoms with Gasteiger partial charge >= 0.3 is 0 Å². The molecule has 0 saturated carbocycles. The second-order valence-electron chi connectivity index (χ2n) is 1.61. The van der Waals surface area contributed by atoms with Gasteiger partial charge in [-0.2, -0.15) is 5.10 Å². The number of nitrogens with zero attached hydrogens (tertiary/aromatic N) is 1. The van der Waals surface area contributed by atoms with Gasteiger partial charge in [-0.3, -0.25) is 5.10 Å². The first-order valence-electron chi connectivity index (χ1n) is 2.72. The summed E-state index contributed by atoms with van der Waals surface area (Å²) in [6.45, 7) is 3.54. The second kappa shape index (κ2) is 2.87. The molecule has 0 aliphatic rings.